The van der Waals surface area contributed by atoms with Crippen LogP contribution in [0.5, 0.6) is 0 Å². The van der Waals surface area contributed by atoms with Crippen LogP contribution in [-0.2, 0) is 16.4 Å². The van der Waals surface area contributed by atoms with Crippen molar-refractivity contribution in [3.63, 3.8) is 0 Å². The maximum Gasteiger partial charge on any atom is 0.335 e. The fraction of sp³-hybridized carbons (Fsp3) is 0.300. The second kappa shape index (κ2) is 9.69. The maximum absolute atomic E-state index is 11.4. The minimum Gasteiger partial charge on any atom is -0.478 e. The van der Waals surface area contributed by atoms with E-state index in [0.717, 1.165) is 38.1 Å². The molecule has 0 aliphatic heterocycles. The lowest BCUT2D eigenvalue weighted by Gasteiger charge is -2.08. The average molecular weight is 509 g/mol. The second-order valence-corrected chi connectivity index (χ2v) is 12.6. The number of aromatic nitrogens is 4. The predicted octanol–water partition coefficient (Wildman–Crippen LogP) is 4.68. The van der Waals surface area contributed by atoms with Crippen molar-refractivity contribution >= 4 is 60.5 Å². The molecule has 0 aliphatic rings. The smallest absolute Gasteiger partial charge is 0.335 e. The Morgan fingerprint density at radius 2 is 2.03 bits per heavy atom. The molecular weight excluding hydrogens is 489 g/mol. The van der Waals surface area contributed by atoms with Crippen LogP contribution in [0, 0.1) is 0 Å². The lowest BCUT2D eigenvalue weighted by atomic mass is 10.2. The van der Waals surface area contributed by atoms with Gasteiger partial charge in [-0.1, -0.05) is 12.5 Å². The van der Waals surface area contributed by atoms with Crippen LogP contribution in [0.15, 0.2) is 45.2 Å². The Labute approximate surface area is 197 Å². The Bertz CT molecular complexity index is 1340. The molecule has 0 unspecified atom stereocenters. The monoisotopic (exact) mass is 508 g/mol. The van der Waals surface area contributed by atoms with Crippen molar-refractivity contribution in [3.05, 3.63) is 41.3 Å². The van der Waals surface area contributed by atoms with Gasteiger partial charge in [0, 0.05) is 18.6 Å². The van der Waals surface area contributed by atoms with Gasteiger partial charge in [0.1, 0.15) is 9.84 Å². The maximum atomic E-state index is 11.4. The molecule has 0 atom stereocenters. The molecule has 1 N–H and O–H groups in total. The van der Waals surface area contributed by atoms with Crippen LogP contribution in [0.1, 0.15) is 29.6 Å². The van der Waals surface area contributed by atoms with Gasteiger partial charge in [0.15, 0.2) is 15.3 Å². The molecule has 4 aromatic rings. The number of sulfone groups is 1. The third-order valence-corrected chi connectivity index (χ3v) is 8.61. The highest BCUT2D eigenvalue weighted by molar-refractivity contribution is 8.01. The van der Waals surface area contributed by atoms with Crippen LogP contribution >= 0.6 is 34.4 Å². The molecular formula is C20H20N4O4S4. The van der Waals surface area contributed by atoms with Gasteiger partial charge in [-0.15, -0.1) is 32.9 Å². The zero-order chi connectivity index (χ0) is 22.7. The summed E-state index contributed by atoms with van der Waals surface area (Å²) in [6.07, 6.45) is 3.48. The number of aromatic carboxylic acids is 1. The SMILES string of the molecule is CS(=O)(=O)CCCCCn1c(Sc2nc3ccc(C(=O)O)cc3s2)nnc1-c1cccs1. The summed E-state index contributed by atoms with van der Waals surface area (Å²) in [6, 6.07) is 8.85. The third kappa shape index (κ3) is 5.55. The van der Waals surface area contributed by atoms with Crippen molar-refractivity contribution < 1.29 is 18.3 Å². The first kappa shape index (κ1) is 22.9. The molecule has 3 heterocycles. The minimum atomic E-state index is -2.95. The van der Waals surface area contributed by atoms with E-state index in [1.807, 2.05) is 22.1 Å². The Morgan fingerprint density at radius 1 is 1.19 bits per heavy atom. The molecule has 0 aliphatic carbocycles. The summed E-state index contributed by atoms with van der Waals surface area (Å²) in [5.41, 5.74) is 0.975. The summed E-state index contributed by atoms with van der Waals surface area (Å²) in [7, 11) is -2.95. The molecule has 0 radical (unpaired) electrons. The van der Waals surface area contributed by atoms with Crippen molar-refractivity contribution in [2.24, 2.45) is 0 Å². The number of thiophene rings is 1. The molecule has 0 amide bonds. The highest BCUT2D eigenvalue weighted by Crippen LogP contribution is 2.36. The summed E-state index contributed by atoms with van der Waals surface area (Å²) in [4.78, 5) is 16.8. The van der Waals surface area contributed by atoms with E-state index in [-0.39, 0.29) is 11.3 Å². The summed E-state index contributed by atoms with van der Waals surface area (Å²) in [6.45, 7) is 0.667. The number of nitrogens with zero attached hydrogens (tertiary/aromatic N) is 4. The van der Waals surface area contributed by atoms with Crippen molar-refractivity contribution in [3.8, 4) is 10.7 Å². The predicted molar refractivity (Wildman–Crippen MR) is 128 cm³/mol. The first-order valence-corrected chi connectivity index (χ1v) is 14.3. The molecule has 0 fully saturated rings. The molecule has 32 heavy (non-hydrogen) atoms. The van der Waals surface area contributed by atoms with Crippen LogP contribution < -0.4 is 0 Å². The summed E-state index contributed by atoms with van der Waals surface area (Å²) < 4.78 is 26.3. The second-order valence-electron chi connectivity index (χ2n) is 7.20. The first-order chi connectivity index (χ1) is 15.3. The van der Waals surface area contributed by atoms with E-state index < -0.39 is 15.8 Å². The summed E-state index contributed by atoms with van der Waals surface area (Å²) >= 11 is 4.40. The fourth-order valence-corrected chi connectivity index (χ4v) is 6.63. The minimum absolute atomic E-state index is 0.193. The van der Waals surface area contributed by atoms with Gasteiger partial charge in [-0.05, 0) is 54.2 Å². The third-order valence-electron chi connectivity index (χ3n) is 4.65. The standard InChI is InChI=1S/C20H20N4O4S4/c1-32(27,28)11-4-2-3-9-24-17(15-6-5-10-29-15)22-23-19(24)31-20-21-14-8-7-13(18(25)26)12-16(14)30-20/h5-8,10,12H,2-4,9,11H2,1H3,(H,25,26). The van der Waals surface area contributed by atoms with Gasteiger partial charge >= 0.3 is 5.97 Å². The van der Waals surface area contributed by atoms with E-state index in [1.54, 1.807) is 29.5 Å². The van der Waals surface area contributed by atoms with Crippen molar-refractivity contribution in [2.45, 2.75) is 35.3 Å². The number of hydrogen-bond acceptors (Lipinski definition) is 9. The van der Waals surface area contributed by atoms with E-state index in [2.05, 4.69) is 15.2 Å². The van der Waals surface area contributed by atoms with E-state index in [4.69, 9.17) is 0 Å². The Kier molecular flexibility index (Phi) is 6.93. The number of carboxylic acids is 1. The molecule has 0 saturated heterocycles. The van der Waals surface area contributed by atoms with Gasteiger partial charge in [-0.25, -0.2) is 18.2 Å². The first-order valence-electron chi connectivity index (χ1n) is 9.77. The highest BCUT2D eigenvalue weighted by Gasteiger charge is 2.18. The van der Waals surface area contributed by atoms with Crippen molar-refractivity contribution in [1.29, 1.82) is 0 Å². The number of fused-ring (bicyclic) bond motifs is 1. The Morgan fingerprint density at radius 3 is 2.75 bits per heavy atom. The largest absolute Gasteiger partial charge is 0.478 e. The van der Waals surface area contributed by atoms with Gasteiger partial charge in [0.25, 0.3) is 0 Å². The van der Waals surface area contributed by atoms with Crippen LogP contribution in [-0.4, -0.2) is 51.3 Å². The number of thiazole rings is 1. The fourth-order valence-electron chi connectivity index (χ4n) is 3.12. The van der Waals surface area contributed by atoms with Gasteiger partial charge in [0.05, 0.1) is 20.7 Å². The van der Waals surface area contributed by atoms with Crippen molar-refractivity contribution in [2.75, 3.05) is 12.0 Å². The molecule has 168 valence electrons. The Hall–Kier alpha value is -2.28. The number of carbonyl (C=O) groups is 1. The summed E-state index contributed by atoms with van der Waals surface area (Å²) in [5.74, 6) is 0.00380. The lowest BCUT2D eigenvalue weighted by Crippen LogP contribution is -2.05. The van der Waals surface area contributed by atoms with E-state index in [1.165, 1.54) is 29.4 Å². The molecule has 0 spiro atoms. The summed E-state index contributed by atoms with van der Waals surface area (Å²) in [5, 5.41) is 20.7. The number of rotatable bonds is 10. The number of hydrogen-bond donors (Lipinski definition) is 1. The molecule has 0 saturated carbocycles. The normalized spacial score (nSPS) is 11.9. The van der Waals surface area contributed by atoms with E-state index in [0.29, 0.717) is 18.1 Å². The lowest BCUT2D eigenvalue weighted by molar-refractivity contribution is 0.0697. The van der Waals surface area contributed by atoms with Crippen LogP contribution in [0.25, 0.3) is 20.9 Å². The van der Waals surface area contributed by atoms with Crippen molar-refractivity contribution in [1.82, 2.24) is 19.7 Å². The zero-order valence-corrected chi connectivity index (χ0v) is 20.4. The number of benzene rings is 1. The molecule has 1 aromatic carbocycles. The van der Waals surface area contributed by atoms with Gasteiger partial charge < -0.3 is 9.67 Å². The van der Waals surface area contributed by atoms with Gasteiger partial charge in [0.2, 0.25) is 0 Å². The molecule has 12 heteroatoms. The van der Waals surface area contributed by atoms with Gasteiger partial charge in [-0.3, -0.25) is 0 Å². The highest BCUT2D eigenvalue weighted by atomic mass is 32.2. The zero-order valence-electron chi connectivity index (χ0n) is 17.1. The van der Waals surface area contributed by atoms with Crippen LogP contribution in [0.2, 0.25) is 0 Å². The topological polar surface area (TPSA) is 115 Å². The molecule has 0 bridgehead atoms. The van der Waals surface area contributed by atoms with Gasteiger partial charge in [-0.2, -0.15) is 0 Å². The quantitative estimate of drug-likeness (QED) is 0.307. The Balaban J connectivity index is 1.55. The van der Waals surface area contributed by atoms with Crippen LogP contribution in [0.4, 0.5) is 0 Å². The molecule has 3 aromatic heterocycles. The van der Waals surface area contributed by atoms with E-state index in [9.17, 15) is 18.3 Å². The molecule has 8 nitrogen and oxygen atoms in total. The van der Waals surface area contributed by atoms with E-state index >= 15 is 0 Å². The average Bonchev–Trinajstić information content (AvgIpc) is 3.46. The number of unbranched alkanes of at least 4 members (excludes halogenated alkanes) is 2. The van der Waals surface area contributed by atoms with Crippen LogP contribution in [0.3, 0.4) is 0 Å². The number of carboxylic acid groups (broad SMARTS) is 1. The molecule has 4 rings (SSSR count).